The molecule has 1 aromatic rings. The smallest absolute Gasteiger partial charge is 0.254 e. The normalized spacial score (nSPS) is 28.1. The van der Waals surface area contributed by atoms with Crippen molar-refractivity contribution >= 4 is 11.8 Å². The molecule has 1 aromatic carbocycles. The van der Waals surface area contributed by atoms with Crippen molar-refractivity contribution in [2.75, 3.05) is 6.54 Å². The van der Waals surface area contributed by atoms with Crippen LogP contribution in [0.4, 0.5) is 0 Å². The summed E-state index contributed by atoms with van der Waals surface area (Å²) in [6, 6.07) is 9.79. The first-order chi connectivity index (χ1) is 9.63. The van der Waals surface area contributed by atoms with E-state index in [0.29, 0.717) is 13.0 Å². The number of carbonyl (C=O) groups excluding carboxylic acids is 2. The lowest BCUT2D eigenvalue weighted by molar-refractivity contribution is -0.139. The third kappa shape index (κ3) is 1.89. The van der Waals surface area contributed by atoms with Gasteiger partial charge >= 0.3 is 0 Å². The highest BCUT2D eigenvalue weighted by Crippen LogP contribution is 2.33. The van der Waals surface area contributed by atoms with Gasteiger partial charge in [-0.1, -0.05) is 54.6 Å². The maximum absolute atomic E-state index is 12.4. The van der Waals surface area contributed by atoms with Gasteiger partial charge in [-0.2, -0.15) is 0 Å². The van der Waals surface area contributed by atoms with Gasteiger partial charge in [-0.25, -0.2) is 0 Å². The van der Waals surface area contributed by atoms with Crippen LogP contribution in [-0.2, 0) is 16.0 Å². The van der Waals surface area contributed by atoms with Gasteiger partial charge in [-0.05, 0) is 12.0 Å². The van der Waals surface area contributed by atoms with E-state index in [1.807, 2.05) is 30.3 Å². The fourth-order valence-corrected chi connectivity index (χ4v) is 2.74. The van der Waals surface area contributed by atoms with Gasteiger partial charge in [0.1, 0.15) is 5.54 Å². The molecule has 0 radical (unpaired) electrons. The van der Waals surface area contributed by atoms with E-state index in [0.717, 1.165) is 5.56 Å². The lowest BCUT2D eigenvalue weighted by atomic mass is 9.84. The van der Waals surface area contributed by atoms with Gasteiger partial charge in [0, 0.05) is 6.54 Å². The molecule has 2 N–H and O–H groups in total. The van der Waals surface area contributed by atoms with Crippen LogP contribution in [0.1, 0.15) is 5.56 Å². The maximum Gasteiger partial charge on any atom is 0.254 e. The van der Waals surface area contributed by atoms with Gasteiger partial charge in [0.25, 0.3) is 5.91 Å². The van der Waals surface area contributed by atoms with Crippen molar-refractivity contribution in [3.8, 4) is 0 Å². The quantitative estimate of drug-likeness (QED) is 0.833. The zero-order valence-electron chi connectivity index (χ0n) is 11.0. The molecular formula is C16H16N2O2. The summed E-state index contributed by atoms with van der Waals surface area (Å²) in [4.78, 5) is 26.0. The van der Waals surface area contributed by atoms with Crippen LogP contribution < -0.4 is 5.73 Å². The number of amides is 2. The molecule has 0 bridgehead atoms. The summed E-state index contributed by atoms with van der Waals surface area (Å²) in [5, 5.41) is 0. The number of hydrogen-bond donors (Lipinski definition) is 1. The second-order valence-electron chi connectivity index (χ2n) is 5.19. The summed E-state index contributed by atoms with van der Waals surface area (Å²) in [5.41, 5.74) is 6.01. The highest BCUT2D eigenvalue weighted by Gasteiger charge is 2.54. The Labute approximate surface area is 117 Å². The Hall–Kier alpha value is -2.20. The van der Waals surface area contributed by atoms with Crippen LogP contribution in [0.2, 0.25) is 0 Å². The average molecular weight is 268 g/mol. The largest absolute Gasteiger partial charge is 0.313 e. The van der Waals surface area contributed by atoms with E-state index in [2.05, 4.69) is 0 Å². The van der Waals surface area contributed by atoms with Crippen LogP contribution in [0, 0.1) is 5.92 Å². The number of nitrogens with two attached hydrogens (primary N) is 1. The molecule has 1 aliphatic heterocycles. The first-order valence-electron chi connectivity index (χ1n) is 6.67. The van der Waals surface area contributed by atoms with E-state index >= 15 is 0 Å². The molecule has 2 atom stereocenters. The van der Waals surface area contributed by atoms with Crippen molar-refractivity contribution in [2.24, 2.45) is 11.7 Å². The molecule has 3 rings (SSSR count). The zero-order chi connectivity index (χ0) is 14.2. The topological polar surface area (TPSA) is 63.4 Å². The minimum atomic E-state index is -1.19. The molecule has 2 unspecified atom stereocenters. The molecule has 1 fully saturated rings. The Bertz CT molecular complexity index is 606. The molecule has 1 heterocycles. The predicted molar refractivity (Wildman–Crippen MR) is 75.6 cm³/mol. The van der Waals surface area contributed by atoms with Crippen molar-refractivity contribution in [3.05, 3.63) is 60.2 Å². The number of allylic oxidation sites excluding steroid dienone is 2. The van der Waals surface area contributed by atoms with Gasteiger partial charge in [0.2, 0.25) is 5.91 Å². The highest BCUT2D eigenvalue weighted by atomic mass is 16.2. The van der Waals surface area contributed by atoms with Gasteiger partial charge in [0.15, 0.2) is 0 Å². The first kappa shape index (κ1) is 12.8. The first-order valence-corrected chi connectivity index (χ1v) is 6.67. The SMILES string of the molecule is NC12C=CC=CC1C(=O)N(CCc1ccccc1)C2=O. The molecule has 0 spiro atoms. The van der Waals surface area contributed by atoms with Gasteiger partial charge in [-0.3, -0.25) is 14.5 Å². The predicted octanol–water partition coefficient (Wildman–Crippen LogP) is 1.04. The second kappa shape index (κ2) is 4.72. The standard InChI is InChI=1S/C16H16N2O2/c17-16-10-5-4-8-13(16)14(19)18(15(16)20)11-9-12-6-2-1-3-7-12/h1-8,10,13H,9,11,17H2. The minimum absolute atomic E-state index is 0.200. The number of carbonyl (C=O) groups is 2. The van der Waals surface area contributed by atoms with E-state index in [1.165, 1.54) is 4.90 Å². The zero-order valence-corrected chi connectivity index (χ0v) is 11.0. The fraction of sp³-hybridized carbons (Fsp3) is 0.250. The molecular weight excluding hydrogens is 252 g/mol. The number of imide groups is 1. The van der Waals surface area contributed by atoms with Crippen LogP contribution in [0.5, 0.6) is 0 Å². The third-order valence-electron chi connectivity index (χ3n) is 3.92. The number of benzene rings is 1. The average Bonchev–Trinajstić information content (AvgIpc) is 2.66. The molecule has 102 valence electrons. The number of nitrogens with zero attached hydrogens (tertiary/aromatic N) is 1. The van der Waals surface area contributed by atoms with Crippen LogP contribution in [0.25, 0.3) is 0 Å². The lowest BCUT2D eigenvalue weighted by Gasteiger charge is -2.23. The molecule has 1 aliphatic carbocycles. The Morgan fingerprint density at radius 1 is 1.15 bits per heavy atom. The van der Waals surface area contributed by atoms with Crippen molar-refractivity contribution in [1.29, 1.82) is 0 Å². The van der Waals surface area contributed by atoms with Crippen LogP contribution in [0.3, 0.4) is 0 Å². The van der Waals surface area contributed by atoms with E-state index in [9.17, 15) is 9.59 Å². The maximum atomic E-state index is 12.4. The van der Waals surface area contributed by atoms with E-state index in [-0.39, 0.29) is 11.8 Å². The molecule has 20 heavy (non-hydrogen) atoms. The number of likely N-dealkylation sites (tertiary alicyclic amines) is 1. The van der Waals surface area contributed by atoms with E-state index < -0.39 is 11.5 Å². The number of fused-ring (bicyclic) bond motifs is 1. The van der Waals surface area contributed by atoms with Crippen molar-refractivity contribution < 1.29 is 9.59 Å². The second-order valence-corrected chi connectivity index (χ2v) is 5.19. The molecule has 2 aliphatic rings. The molecule has 4 heteroatoms. The monoisotopic (exact) mass is 268 g/mol. The Kier molecular flexibility index (Phi) is 3.03. The third-order valence-corrected chi connectivity index (χ3v) is 3.92. The van der Waals surface area contributed by atoms with Gasteiger partial charge < -0.3 is 5.73 Å². The number of hydrogen-bond acceptors (Lipinski definition) is 3. The van der Waals surface area contributed by atoms with Crippen LogP contribution >= 0.6 is 0 Å². The summed E-state index contributed by atoms with van der Waals surface area (Å²) in [5.74, 6) is -1.06. The Balaban J connectivity index is 1.78. The summed E-state index contributed by atoms with van der Waals surface area (Å²) < 4.78 is 0. The van der Waals surface area contributed by atoms with E-state index in [4.69, 9.17) is 5.73 Å². The molecule has 2 amide bonds. The molecule has 4 nitrogen and oxygen atoms in total. The van der Waals surface area contributed by atoms with Crippen molar-refractivity contribution in [2.45, 2.75) is 12.0 Å². The Morgan fingerprint density at radius 2 is 1.90 bits per heavy atom. The van der Waals surface area contributed by atoms with Crippen LogP contribution in [-0.4, -0.2) is 28.8 Å². The molecule has 1 saturated heterocycles. The Morgan fingerprint density at radius 3 is 2.60 bits per heavy atom. The summed E-state index contributed by atoms with van der Waals surface area (Å²) in [6.45, 7) is 0.374. The summed E-state index contributed by atoms with van der Waals surface area (Å²) in [6.07, 6.45) is 7.47. The van der Waals surface area contributed by atoms with Crippen LogP contribution in [0.15, 0.2) is 54.6 Å². The van der Waals surface area contributed by atoms with Gasteiger partial charge in [0.05, 0.1) is 5.92 Å². The minimum Gasteiger partial charge on any atom is -0.313 e. The fourth-order valence-electron chi connectivity index (χ4n) is 2.74. The summed E-state index contributed by atoms with van der Waals surface area (Å²) >= 11 is 0. The highest BCUT2D eigenvalue weighted by molar-refractivity contribution is 6.12. The molecule has 0 saturated carbocycles. The number of rotatable bonds is 3. The van der Waals surface area contributed by atoms with Crippen molar-refractivity contribution in [1.82, 2.24) is 4.90 Å². The lowest BCUT2D eigenvalue weighted by Crippen LogP contribution is -2.50. The molecule has 0 aromatic heterocycles. The summed E-state index contributed by atoms with van der Waals surface area (Å²) in [7, 11) is 0. The van der Waals surface area contributed by atoms with Crippen molar-refractivity contribution in [3.63, 3.8) is 0 Å². The van der Waals surface area contributed by atoms with E-state index in [1.54, 1.807) is 24.3 Å². The van der Waals surface area contributed by atoms with Gasteiger partial charge in [-0.15, -0.1) is 0 Å².